The first-order valence-corrected chi connectivity index (χ1v) is 7.03. The highest BCUT2D eigenvalue weighted by Crippen LogP contribution is 2.45. The van der Waals surface area contributed by atoms with E-state index in [0.29, 0.717) is 23.5 Å². The second-order valence-electron chi connectivity index (χ2n) is 7.33. The Morgan fingerprint density at radius 1 is 1.11 bits per heavy atom. The fourth-order valence-electron chi connectivity index (χ4n) is 3.68. The van der Waals surface area contributed by atoms with Crippen molar-refractivity contribution in [1.82, 2.24) is 5.32 Å². The largest absolute Gasteiger partial charge is 0.382 e. The third kappa shape index (κ3) is 5.25. The molecule has 0 aromatic heterocycles. The van der Waals surface area contributed by atoms with Gasteiger partial charge < -0.3 is 14.8 Å². The van der Waals surface area contributed by atoms with E-state index in [1.165, 1.54) is 19.3 Å². The lowest BCUT2D eigenvalue weighted by atomic mass is 9.63. The molecule has 0 heterocycles. The van der Waals surface area contributed by atoms with Gasteiger partial charge in [0.25, 0.3) is 0 Å². The van der Waals surface area contributed by atoms with Crippen molar-refractivity contribution in [2.45, 2.75) is 59.1 Å². The Morgan fingerprint density at radius 3 is 2.11 bits per heavy atom. The van der Waals surface area contributed by atoms with Crippen molar-refractivity contribution in [2.75, 3.05) is 27.4 Å². The quantitative estimate of drug-likeness (QED) is 0.793. The van der Waals surface area contributed by atoms with Crippen molar-refractivity contribution >= 4 is 0 Å². The lowest BCUT2D eigenvalue weighted by Gasteiger charge is -2.45. The zero-order valence-electron chi connectivity index (χ0n) is 13.0. The average molecular weight is 257 g/mol. The summed E-state index contributed by atoms with van der Waals surface area (Å²) in [6.07, 6.45) is 3.96. The van der Waals surface area contributed by atoms with Gasteiger partial charge in [-0.1, -0.05) is 27.7 Å². The average Bonchev–Trinajstić information content (AvgIpc) is 2.19. The molecule has 1 fully saturated rings. The normalized spacial score (nSPS) is 25.0. The molecule has 1 N–H and O–H groups in total. The first-order chi connectivity index (χ1) is 8.28. The van der Waals surface area contributed by atoms with Crippen molar-refractivity contribution in [2.24, 2.45) is 10.8 Å². The van der Waals surface area contributed by atoms with Crippen LogP contribution in [-0.4, -0.2) is 39.5 Å². The molecule has 0 bridgehead atoms. The maximum atomic E-state index is 5.40. The molecule has 0 saturated heterocycles. The summed E-state index contributed by atoms with van der Waals surface area (Å²) in [7, 11) is 3.47. The molecule has 0 aromatic rings. The fourth-order valence-corrected chi connectivity index (χ4v) is 3.68. The minimum Gasteiger partial charge on any atom is -0.382 e. The van der Waals surface area contributed by atoms with Gasteiger partial charge in [0.05, 0.1) is 12.7 Å². The number of rotatable bonds is 6. The minimum atomic E-state index is 0.156. The molecule has 3 nitrogen and oxygen atoms in total. The molecule has 18 heavy (non-hydrogen) atoms. The molecule has 0 radical (unpaired) electrons. The lowest BCUT2D eigenvalue weighted by Crippen LogP contribution is -2.46. The van der Waals surface area contributed by atoms with Crippen LogP contribution in [0.5, 0.6) is 0 Å². The Bertz CT molecular complexity index is 235. The molecule has 0 spiro atoms. The minimum absolute atomic E-state index is 0.156. The van der Waals surface area contributed by atoms with Crippen molar-refractivity contribution in [1.29, 1.82) is 0 Å². The van der Waals surface area contributed by atoms with E-state index in [2.05, 4.69) is 33.0 Å². The van der Waals surface area contributed by atoms with E-state index in [9.17, 15) is 0 Å². The maximum Gasteiger partial charge on any atom is 0.0928 e. The van der Waals surface area contributed by atoms with Crippen LogP contribution in [0.3, 0.4) is 0 Å². The van der Waals surface area contributed by atoms with Gasteiger partial charge in [-0.2, -0.15) is 0 Å². The molecule has 1 aliphatic carbocycles. The Morgan fingerprint density at radius 2 is 1.67 bits per heavy atom. The van der Waals surface area contributed by atoms with E-state index >= 15 is 0 Å². The predicted octanol–water partition coefficient (Wildman–Crippen LogP) is 2.84. The number of nitrogens with one attached hydrogen (secondary N) is 1. The van der Waals surface area contributed by atoms with Crippen LogP contribution in [0, 0.1) is 10.8 Å². The van der Waals surface area contributed by atoms with E-state index in [1.54, 1.807) is 14.2 Å². The molecular weight excluding hydrogens is 226 g/mol. The van der Waals surface area contributed by atoms with Gasteiger partial charge in [0, 0.05) is 26.8 Å². The highest BCUT2D eigenvalue weighted by molar-refractivity contribution is 4.92. The SMILES string of the molecule is COCC(CNC1CC(C)(C)CC(C)(C)C1)OC. The van der Waals surface area contributed by atoms with Crippen molar-refractivity contribution in [3.8, 4) is 0 Å². The fraction of sp³-hybridized carbons (Fsp3) is 1.00. The number of hydrogen-bond acceptors (Lipinski definition) is 3. The lowest BCUT2D eigenvalue weighted by molar-refractivity contribution is 0.0199. The second kappa shape index (κ2) is 6.36. The highest BCUT2D eigenvalue weighted by Gasteiger charge is 2.38. The van der Waals surface area contributed by atoms with Crippen molar-refractivity contribution in [3.63, 3.8) is 0 Å². The van der Waals surface area contributed by atoms with Gasteiger partial charge in [0.2, 0.25) is 0 Å². The van der Waals surface area contributed by atoms with Crippen LogP contribution in [-0.2, 0) is 9.47 Å². The molecule has 1 unspecified atom stereocenters. The van der Waals surface area contributed by atoms with E-state index < -0.39 is 0 Å². The Labute approximate surface area is 113 Å². The van der Waals surface area contributed by atoms with Crippen molar-refractivity contribution in [3.05, 3.63) is 0 Å². The standard InChI is InChI=1S/C15H31NO2/c1-14(2)7-12(8-15(3,4)11-14)16-9-13(18-6)10-17-5/h12-13,16H,7-11H2,1-6H3. The first kappa shape index (κ1) is 15.9. The van der Waals surface area contributed by atoms with Crippen LogP contribution in [0.2, 0.25) is 0 Å². The van der Waals surface area contributed by atoms with Gasteiger partial charge in [-0.05, 0) is 30.1 Å². The Kier molecular flexibility index (Phi) is 5.63. The molecule has 3 heteroatoms. The van der Waals surface area contributed by atoms with Gasteiger partial charge in [-0.15, -0.1) is 0 Å². The van der Waals surface area contributed by atoms with Crippen LogP contribution >= 0.6 is 0 Å². The summed E-state index contributed by atoms with van der Waals surface area (Å²) in [5.41, 5.74) is 0.868. The summed E-state index contributed by atoms with van der Waals surface area (Å²) < 4.78 is 10.5. The van der Waals surface area contributed by atoms with Gasteiger partial charge in [-0.3, -0.25) is 0 Å². The Hall–Kier alpha value is -0.120. The third-order valence-electron chi connectivity index (χ3n) is 3.88. The van der Waals surface area contributed by atoms with Crippen LogP contribution in [0.15, 0.2) is 0 Å². The summed E-state index contributed by atoms with van der Waals surface area (Å²) >= 11 is 0. The summed E-state index contributed by atoms with van der Waals surface area (Å²) in [6, 6.07) is 0.596. The van der Waals surface area contributed by atoms with E-state index in [0.717, 1.165) is 6.54 Å². The smallest absolute Gasteiger partial charge is 0.0928 e. The summed E-state index contributed by atoms with van der Waals surface area (Å²) in [6.45, 7) is 11.1. The molecule has 0 amide bonds. The van der Waals surface area contributed by atoms with E-state index in [4.69, 9.17) is 9.47 Å². The zero-order valence-corrected chi connectivity index (χ0v) is 13.0. The first-order valence-electron chi connectivity index (χ1n) is 7.03. The van der Waals surface area contributed by atoms with Crippen LogP contribution in [0.1, 0.15) is 47.0 Å². The number of ether oxygens (including phenoxy) is 2. The van der Waals surface area contributed by atoms with Gasteiger partial charge in [0.15, 0.2) is 0 Å². The maximum absolute atomic E-state index is 5.40. The summed E-state index contributed by atoms with van der Waals surface area (Å²) in [5, 5.41) is 3.66. The third-order valence-corrected chi connectivity index (χ3v) is 3.88. The number of methoxy groups -OCH3 is 2. The van der Waals surface area contributed by atoms with E-state index in [1.807, 2.05) is 0 Å². The highest BCUT2D eigenvalue weighted by atomic mass is 16.5. The molecular formula is C15H31NO2. The molecule has 1 aliphatic rings. The van der Waals surface area contributed by atoms with Crippen molar-refractivity contribution < 1.29 is 9.47 Å². The Balaban J connectivity index is 2.46. The topological polar surface area (TPSA) is 30.5 Å². The zero-order chi connectivity index (χ0) is 13.8. The monoisotopic (exact) mass is 257 g/mol. The molecule has 1 rings (SSSR count). The van der Waals surface area contributed by atoms with Gasteiger partial charge in [0.1, 0.15) is 0 Å². The van der Waals surface area contributed by atoms with Crippen LogP contribution in [0.25, 0.3) is 0 Å². The van der Waals surface area contributed by atoms with E-state index in [-0.39, 0.29) is 6.10 Å². The summed E-state index contributed by atoms with van der Waals surface area (Å²) in [5.74, 6) is 0. The molecule has 1 saturated carbocycles. The summed E-state index contributed by atoms with van der Waals surface area (Å²) in [4.78, 5) is 0. The van der Waals surface area contributed by atoms with Crippen LogP contribution < -0.4 is 5.32 Å². The van der Waals surface area contributed by atoms with Crippen LogP contribution in [0.4, 0.5) is 0 Å². The molecule has 0 aliphatic heterocycles. The molecule has 108 valence electrons. The second-order valence-corrected chi connectivity index (χ2v) is 7.33. The molecule has 1 atom stereocenters. The van der Waals surface area contributed by atoms with Gasteiger partial charge >= 0.3 is 0 Å². The number of hydrogen-bond donors (Lipinski definition) is 1. The van der Waals surface area contributed by atoms with Gasteiger partial charge in [-0.25, -0.2) is 0 Å². The predicted molar refractivity (Wildman–Crippen MR) is 75.9 cm³/mol. The molecule has 0 aromatic carbocycles.